The molecule has 1 aromatic carbocycles. The van der Waals surface area contributed by atoms with Crippen molar-refractivity contribution in [2.75, 3.05) is 6.54 Å². The minimum Gasteiger partial charge on any atom is -0.336 e. The fraction of sp³-hybridized carbons (Fsp3) is 0.562. The zero-order chi connectivity index (χ0) is 13.7. The molecule has 0 aliphatic carbocycles. The van der Waals surface area contributed by atoms with Crippen LogP contribution in [0.3, 0.4) is 0 Å². The fourth-order valence-electron chi connectivity index (χ4n) is 2.73. The van der Waals surface area contributed by atoms with Crippen LogP contribution in [-0.4, -0.2) is 17.4 Å². The molecule has 0 bridgehead atoms. The SMILES string of the molecule is CCCCC(=O)N1CCCCC1c1ccc(Br)cc1. The summed E-state index contributed by atoms with van der Waals surface area (Å²) < 4.78 is 1.09. The molecule has 0 N–H and O–H groups in total. The first-order valence-corrected chi connectivity index (χ1v) is 8.06. The topological polar surface area (TPSA) is 20.3 Å². The summed E-state index contributed by atoms with van der Waals surface area (Å²) in [6.07, 6.45) is 6.25. The van der Waals surface area contributed by atoms with Gasteiger partial charge in [0.2, 0.25) is 5.91 Å². The molecule has 0 saturated carbocycles. The van der Waals surface area contributed by atoms with Gasteiger partial charge in [0.1, 0.15) is 0 Å². The maximum Gasteiger partial charge on any atom is 0.223 e. The van der Waals surface area contributed by atoms with Gasteiger partial charge in [0.15, 0.2) is 0 Å². The predicted octanol–water partition coefficient (Wildman–Crippen LogP) is 4.69. The summed E-state index contributed by atoms with van der Waals surface area (Å²) in [4.78, 5) is 14.4. The molecule has 1 saturated heterocycles. The molecule has 1 heterocycles. The van der Waals surface area contributed by atoms with E-state index in [2.05, 4.69) is 52.0 Å². The lowest BCUT2D eigenvalue weighted by molar-refractivity contribution is -0.135. The largest absolute Gasteiger partial charge is 0.336 e. The number of halogens is 1. The molecule has 0 aromatic heterocycles. The average molecular weight is 324 g/mol. The van der Waals surface area contributed by atoms with Gasteiger partial charge in [-0.25, -0.2) is 0 Å². The molecule has 1 unspecified atom stereocenters. The molecule has 1 amide bonds. The maximum atomic E-state index is 12.3. The average Bonchev–Trinajstić information content (AvgIpc) is 2.45. The number of unbranched alkanes of at least 4 members (excludes halogenated alkanes) is 1. The number of carbonyl (C=O) groups is 1. The monoisotopic (exact) mass is 323 g/mol. The summed E-state index contributed by atoms with van der Waals surface area (Å²) in [6.45, 7) is 3.05. The van der Waals surface area contributed by atoms with Crippen molar-refractivity contribution in [1.29, 1.82) is 0 Å². The van der Waals surface area contributed by atoms with Crippen molar-refractivity contribution < 1.29 is 4.79 Å². The normalized spacial score (nSPS) is 19.5. The van der Waals surface area contributed by atoms with Crippen molar-refractivity contribution >= 4 is 21.8 Å². The number of piperidine rings is 1. The number of hydrogen-bond donors (Lipinski definition) is 0. The van der Waals surface area contributed by atoms with Crippen molar-refractivity contribution in [2.45, 2.75) is 51.5 Å². The highest BCUT2D eigenvalue weighted by atomic mass is 79.9. The molecule has 0 spiro atoms. The van der Waals surface area contributed by atoms with E-state index in [1.54, 1.807) is 0 Å². The van der Waals surface area contributed by atoms with Gasteiger partial charge in [-0.1, -0.05) is 41.4 Å². The fourth-order valence-corrected chi connectivity index (χ4v) is 3.00. The molecule has 0 radical (unpaired) electrons. The summed E-state index contributed by atoms with van der Waals surface area (Å²) in [6, 6.07) is 8.70. The Bertz CT molecular complexity index is 415. The molecule has 104 valence electrons. The molecule has 1 fully saturated rings. The standard InChI is InChI=1S/C16H22BrNO/c1-2-3-7-16(19)18-12-5-4-6-15(18)13-8-10-14(17)11-9-13/h8-11,15H,2-7,12H2,1H3. The van der Waals surface area contributed by atoms with Crippen LogP contribution in [0.5, 0.6) is 0 Å². The number of likely N-dealkylation sites (tertiary alicyclic amines) is 1. The second-order valence-corrected chi connectivity index (χ2v) is 6.17. The van der Waals surface area contributed by atoms with Crippen LogP contribution in [0.1, 0.15) is 57.1 Å². The quantitative estimate of drug-likeness (QED) is 0.786. The molecule has 1 aliphatic rings. The van der Waals surface area contributed by atoms with Gasteiger partial charge in [0, 0.05) is 17.4 Å². The van der Waals surface area contributed by atoms with Crippen LogP contribution in [-0.2, 0) is 4.79 Å². The minimum atomic E-state index is 0.284. The lowest BCUT2D eigenvalue weighted by atomic mass is 9.95. The minimum absolute atomic E-state index is 0.284. The first-order chi connectivity index (χ1) is 9.22. The van der Waals surface area contributed by atoms with Crippen molar-refractivity contribution in [1.82, 2.24) is 4.90 Å². The summed E-state index contributed by atoms with van der Waals surface area (Å²) >= 11 is 3.47. The molecule has 1 atom stereocenters. The van der Waals surface area contributed by atoms with E-state index in [9.17, 15) is 4.79 Å². The Labute approximate surface area is 124 Å². The smallest absolute Gasteiger partial charge is 0.223 e. The molecule has 2 nitrogen and oxygen atoms in total. The van der Waals surface area contributed by atoms with Gasteiger partial charge in [-0.2, -0.15) is 0 Å². The molecule has 19 heavy (non-hydrogen) atoms. The molecule has 1 aliphatic heterocycles. The van der Waals surface area contributed by atoms with Gasteiger partial charge >= 0.3 is 0 Å². The van der Waals surface area contributed by atoms with Crippen LogP contribution in [0.2, 0.25) is 0 Å². The second-order valence-electron chi connectivity index (χ2n) is 5.25. The second kappa shape index (κ2) is 7.09. The molecular weight excluding hydrogens is 302 g/mol. The van der Waals surface area contributed by atoms with Crippen LogP contribution in [0.25, 0.3) is 0 Å². The highest BCUT2D eigenvalue weighted by molar-refractivity contribution is 9.10. The lowest BCUT2D eigenvalue weighted by Gasteiger charge is -2.36. The van der Waals surface area contributed by atoms with E-state index in [1.807, 2.05) is 0 Å². The van der Waals surface area contributed by atoms with Crippen LogP contribution in [0.15, 0.2) is 28.7 Å². The lowest BCUT2D eigenvalue weighted by Crippen LogP contribution is -2.38. The Hall–Kier alpha value is -0.830. The van der Waals surface area contributed by atoms with Crippen LogP contribution in [0, 0.1) is 0 Å². The van der Waals surface area contributed by atoms with Gasteiger partial charge < -0.3 is 4.90 Å². The third kappa shape index (κ3) is 3.82. The van der Waals surface area contributed by atoms with E-state index >= 15 is 0 Å². The maximum absolute atomic E-state index is 12.3. The van der Waals surface area contributed by atoms with Crippen LogP contribution < -0.4 is 0 Å². The zero-order valence-corrected chi connectivity index (χ0v) is 13.2. The Kier molecular flexibility index (Phi) is 5.44. The first kappa shape index (κ1) is 14.6. The van der Waals surface area contributed by atoms with Crippen molar-refractivity contribution in [2.24, 2.45) is 0 Å². The number of hydrogen-bond acceptors (Lipinski definition) is 1. The van der Waals surface area contributed by atoms with Gasteiger partial charge in [-0.05, 0) is 43.4 Å². The Balaban J connectivity index is 2.11. The molecular formula is C16H22BrNO. The van der Waals surface area contributed by atoms with Crippen molar-refractivity contribution in [3.05, 3.63) is 34.3 Å². The van der Waals surface area contributed by atoms with Gasteiger partial charge in [0.05, 0.1) is 6.04 Å². The van der Waals surface area contributed by atoms with Crippen LogP contribution >= 0.6 is 15.9 Å². The van der Waals surface area contributed by atoms with E-state index in [4.69, 9.17) is 0 Å². The summed E-state index contributed by atoms with van der Waals surface area (Å²) in [5, 5.41) is 0. The number of benzene rings is 1. The summed E-state index contributed by atoms with van der Waals surface area (Å²) in [5.41, 5.74) is 1.27. The van der Waals surface area contributed by atoms with Crippen LogP contribution in [0.4, 0.5) is 0 Å². The highest BCUT2D eigenvalue weighted by Crippen LogP contribution is 2.32. The van der Waals surface area contributed by atoms with E-state index in [-0.39, 0.29) is 6.04 Å². The molecule has 1 aromatic rings. The van der Waals surface area contributed by atoms with Crippen molar-refractivity contribution in [3.63, 3.8) is 0 Å². The Morgan fingerprint density at radius 2 is 2.05 bits per heavy atom. The van der Waals surface area contributed by atoms with E-state index in [0.717, 1.165) is 36.7 Å². The number of nitrogens with zero attached hydrogens (tertiary/aromatic N) is 1. The summed E-state index contributed by atoms with van der Waals surface area (Å²) in [5.74, 6) is 0.328. The number of carbonyl (C=O) groups excluding carboxylic acids is 1. The predicted molar refractivity (Wildman–Crippen MR) is 82.0 cm³/mol. The Morgan fingerprint density at radius 3 is 2.74 bits per heavy atom. The third-order valence-electron chi connectivity index (χ3n) is 3.82. The first-order valence-electron chi connectivity index (χ1n) is 7.27. The molecule has 3 heteroatoms. The van der Waals surface area contributed by atoms with E-state index in [1.165, 1.54) is 12.0 Å². The number of amides is 1. The van der Waals surface area contributed by atoms with E-state index < -0.39 is 0 Å². The van der Waals surface area contributed by atoms with Gasteiger partial charge in [-0.15, -0.1) is 0 Å². The third-order valence-corrected chi connectivity index (χ3v) is 4.35. The zero-order valence-electron chi connectivity index (χ0n) is 11.6. The number of rotatable bonds is 4. The Morgan fingerprint density at radius 1 is 1.32 bits per heavy atom. The van der Waals surface area contributed by atoms with Gasteiger partial charge in [0.25, 0.3) is 0 Å². The highest BCUT2D eigenvalue weighted by Gasteiger charge is 2.27. The molecule has 2 rings (SSSR count). The summed E-state index contributed by atoms with van der Waals surface area (Å²) in [7, 11) is 0. The van der Waals surface area contributed by atoms with Crippen molar-refractivity contribution in [3.8, 4) is 0 Å². The van der Waals surface area contributed by atoms with Gasteiger partial charge in [-0.3, -0.25) is 4.79 Å². The van der Waals surface area contributed by atoms with E-state index in [0.29, 0.717) is 12.3 Å².